The molecule has 0 unspecified atom stereocenters. The fourth-order valence-corrected chi connectivity index (χ4v) is 4.81. The number of carbonyl (C=O) groups is 2. The van der Waals surface area contributed by atoms with E-state index in [2.05, 4.69) is 5.32 Å². The summed E-state index contributed by atoms with van der Waals surface area (Å²) in [6, 6.07) is 11.7. The molecular formula is C22H22N4O4S. The van der Waals surface area contributed by atoms with E-state index < -0.39 is 22.6 Å². The molecule has 2 heterocycles. The molecule has 9 heteroatoms. The Morgan fingerprint density at radius 3 is 2.52 bits per heavy atom. The molecule has 1 fully saturated rings. The van der Waals surface area contributed by atoms with E-state index in [4.69, 9.17) is 5.26 Å². The van der Waals surface area contributed by atoms with Crippen molar-refractivity contribution >= 4 is 23.0 Å². The van der Waals surface area contributed by atoms with Crippen molar-refractivity contribution in [2.45, 2.75) is 30.7 Å². The second-order valence-electron chi connectivity index (χ2n) is 7.94. The maximum absolute atomic E-state index is 12.9. The van der Waals surface area contributed by atoms with Crippen molar-refractivity contribution in [2.75, 3.05) is 19.3 Å². The first-order chi connectivity index (χ1) is 14.8. The summed E-state index contributed by atoms with van der Waals surface area (Å²) in [5.74, 6) is -0.789. The minimum atomic E-state index is -1.00. The number of hydrogen-bond acceptors (Lipinski definition) is 5. The predicted octanol–water partition coefficient (Wildman–Crippen LogP) is 1.02. The molecule has 1 saturated carbocycles. The molecule has 8 nitrogen and oxygen atoms in total. The Labute approximate surface area is 182 Å². The second kappa shape index (κ2) is 8.21. The first-order valence-electron chi connectivity index (χ1n) is 9.98. The van der Waals surface area contributed by atoms with Crippen LogP contribution in [0.5, 0.6) is 0 Å². The van der Waals surface area contributed by atoms with Gasteiger partial charge < -0.3 is 19.3 Å². The Morgan fingerprint density at radius 1 is 1.19 bits per heavy atom. The van der Waals surface area contributed by atoms with E-state index in [1.165, 1.54) is 16.7 Å². The Morgan fingerprint density at radius 2 is 1.90 bits per heavy atom. The van der Waals surface area contributed by atoms with E-state index in [0.29, 0.717) is 25.2 Å². The topological polar surface area (TPSA) is 118 Å². The Hall–Kier alpha value is -3.09. The van der Waals surface area contributed by atoms with Crippen LogP contribution in [-0.2, 0) is 24.3 Å². The van der Waals surface area contributed by atoms with Gasteiger partial charge in [0.1, 0.15) is 16.0 Å². The van der Waals surface area contributed by atoms with Crippen LogP contribution < -0.4 is 10.9 Å². The lowest BCUT2D eigenvalue weighted by Crippen LogP contribution is -2.49. The van der Waals surface area contributed by atoms with E-state index in [1.54, 1.807) is 35.4 Å². The first-order valence-corrected chi connectivity index (χ1v) is 11.5. The van der Waals surface area contributed by atoms with Crippen molar-refractivity contribution < 1.29 is 14.1 Å². The smallest absolute Gasteiger partial charge is 0.270 e. The van der Waals surface area contributed by atoms with Gasteiger partial charge in [-0.05, 0) is 41.0 Å². The molecule has 1 N–H and O–H groups in total. The zero-order valence-corrected chi connectivity index (χ0v) is 17.9. The van der Waals surface area contributed by atoms with Crippen LogP contribution in [0.2, 0.25) is 0 Å². The zero-order valence-electron chi connectivity index (χ0n) is 17.1. The normalized spacial score (nSPS) is 17.5. The number of benzene rings is 1. The van der Waals surface area contributed by atoms with Crippen molar-refractivity contribution in [3.63, 3.8) is 0 Å². The Bertz CT molecular complexity index is 1130. The SMILES string of the molecule is C[S@+]([O-])C1(CN2CCn3c(ccc(C(=O)NCc4ccc(C#N)cc4)c3=O)C2=O)CC1. The fourth-order valence-electron chi connectivity index (χ4n) is 3.79. The highest BCUT2D eigenvalue weighted by Crippen LogP contribution is 2.44. The maximum atomic E-state index is 12.9. The number of rotatable bonds is 6. The number of carbonyl (C=O) groups excluding carboxylic acids is 2. The van der Waals surface area contributed by atoms with Gasteiger partial charge in [0.05, 0.1) is 24.4 Å². The van der Waals surface area contributed by atoms with Gasteiger partial charge in [-0.25, -0.2) is 0 Å². The van der Waals surface area contributed by atoms with E-state index >= 15 is 0 Å². The third-order valence-electron chi connectivity index (χ3n) is 5.95. The predicted molar refractivity (Wildman–Crippen MR) is 115 cm³/mol. The average Bonchev–Trinajstić information content (AvgIpc) is 3.56. The van der Waals surface area contributed by atoms with E-state index in [9.17, 15) is 18.9 Å². The minimum Gasteiger partial charge on any atom is -0.616 e. The molecule has 0 spiro atoms. The molecule has 0 bridgehead atoms. The van der Waals surface area contributed by atoms with Crippen molar-refractivity contribution in [1.82, 2.24) is 14.8 Å². The number of hydrogen-bond donors (Lipinski definition) is 1. The standard InChI is InChI=1S/C22H22N4O4S/c1-31(30)22(8-9-22)14-25-10-11-26-18(21(25)29)7-6-17(20(26)28)19(27)24-13-16-4-2-15(12-23)3-5-16/h2-7H,8-11,13-14H2,1H3,(H,24,27)/t31-/m0/s1. The largest absolute Gasteiger partial charge is 0.616 e. The maximum Gasteiger partial charge on any atom is 0.270 e. The highest BCUT2D eigenvalue weighted by molar-refractivity contribution is 7.92. The molecule has 1 atom stereocenters. The van der Waals surface area contributed by atoms with Crippen LogP contribution in [0.25, 0.3) is 0 Å². The van der Waals surface area contributed by atoms with Gasteiger partial charge in [0.15, 0.2) is 0 Å². The van der Waals surface area contributed by atoms with Gasteiger partial charge in [-0.1, -0.05) is 12.1 Å². The summed E-state index contributed by atoms with van der Waals surface area (Å²) in [6.07, 6.45) is 3.35. The van der Waals surface area contributed by atoms with Gasteiger partial charge in [0.2, 0.25) is 0 Å². The van der Waals surface area contributed by atoms with Crippen molar-refractivity contribution in [3.8, 4) is 6.07 Å². The number of nitriles is 1. The lowest BCUT2D eigenvalue weighted by atomic mass is 10.1. The Kier molecular flexibility index (Phi) is 5.60. The third-order valence-corrected chi connectivity index (χ3v) is 7.71. The Balaban J connectivity index is 1.47. The average molecular weight is 439 g/mol. The zero-order chi connectivity index (χ0) is 22.2. The highest BCUT2D eigenvalue weighted by atomic mass is 32.2. The summed E-state index contributed by atoms with van der Waals surface area (Å²) >= 11 is -1.00. The van der Waals surface area contributed by atoms with Crippen LogP contribution in [0.3, 0.4) is 0 Å². The van der Waals surface area contributed by atoms with Crippen molar-refractivity contribution in [3.05, 3.63) is 69.1 Å². The van der Waals surface area contributed by atoms with Gasteiger partial charge >= 0.3 is 0 Å². The number of nitrogens with zero attached hydrogens (tertiary/aromatic N) is 3. The number of fused-ring (bicyclic) bond motifs is 1. The van der Waals surface area contributed by atoms with Gasteiger partial charge in [-0.15, -0.1) is 0 Å². The quantitative estimate of drug-likeness (QED) is 0.676. The van der Waals surface area contributed by atoms with Gasteiger partial charge in [0.25, 0.3) is 17.4 Å². The van der Waals surface area contributed by atoms with E-state index in [0.717, 1.165) is 18.4 Å². The number of aromatic nitrogens is 1. The second-order valence-corrected chi connectivity index (χ2v) is 9.72. The number of nitrogens with one attached hydrogen (secondary N) is 1. The van der Waals surface area contributed by atoms with Crippen molar-refractivity contribution in [2.24, 2.45) is 0 Å². The molecule has 0 saturated heterocycles. The van der Waals surface area contributed by atoms with Crippen LogP contribution in [0, 0.1) is 11.3 Å². The van der Waals surface area contributed by atoms with Gasteiger partial charge in [-0.3, -0.25) is 14.4 Å². The molecule has 31 heavy (non-hydrogen) atoms. The molecular weight excluding hydrogens is 416 g/mol. The highest BCUT2D eigenvalue weighted by Gasteiger charge is 2.54. The van der Waals surface area contributed by atoms with Gasteiger partial charge in [0, 0.05) is 32.5 Å². The van der Waals surface area contributed by atoms with Crippen LogP contribution >= 0.6 is 0 Å². The van der Waals surface area contributed by atoms with Gasteiger partial charge in [-0.2, -0.15) is 5.26 Å². The summed E-state index contributed by atoms with van der Waals surface area (Å²) in [5, 5.41) is 11.6. The molecule has 4 rings (SSSR count). The summed E-state index contributed by atoms with van der Waals surface area (Å²) in [5.41, 5.74) is 1.06. The molecule has 2 aliphatic rings. The van der Waals surface area contributed by atoms with E-state index in [1.807, 2.05) is 6.07 Å². The van der Waals surface area contributed by atoms with Crippen LogP contribution in [-0.4, -0.2) is 49.9 Å². The summed E-state index contributed by atoms with van der Waals surface area (Å²) in [6.45, 7) is 1.29. The minimum absolute atomic E-state index is 0.0213. The summed E-state index contributed by atoms with van der Waals surface area (Å²) in [7, 11) is 0. The fraction of sp³-hybridized carbons (Fsp3) is 0.364. The summed E-state index contributed by atoms with van der Waals surface area (Å²) in [4.78, 5) is 40.0. The third kappa shape index (κ3) is 4.09. The molecule has 2 aromatic rings. The lowest BCUT2D eigenvalue weighted by molar-refractivity contribution is 0.0695. The van der Waals surface area contributed by atoms with Crippen LogP contribution in [0.15, 0.2) is 41.2 Å². The summed E-state index contributed by atoms with van der Waals surface area (Å²) < 4.78 is 13.0. The monoisotopic (exact) mass is 438 g/mol. The lowest BCUT2D eigenvalue weighted by Gasteiger charge is -2.32. The van der Waals surface area contributed by atoms with Crippen molar-refractivity contribution in [1.29, 1.82) is 5.26 Å². The van der Waals surface area contributed by atoms with Crippen LogP contribution in [0.4, 0.5) is 0 Å². The molecule has 1 aliphatic carbocycles. The number of pyridine rings is 1. The van der Waals surface area contributed by atoms with Crippen LogP contribution in [0.1, 0.15) is 44.8 Å². The molecule has 1 aliphatic heterocycles. The molecule has 1 aromatic heterocycles. The molecule has 2 amide bonds. The molecule has 1 aromatic carbocycles. The molecule has 0 radical (unpaired) electrons. The number of amides is 2. The van der Waals surface area contributed by atoms with E-state index in [-0.39, 0.29) is 28.5 Å². The molecule has 160 valence electrons. The first kappa shape index (κ1) is 21.2.